The Hall–Kier alpha value is -3.01. The van der Waals surface area contributed by atoms with Crippen molar-refractivity contribution in [2.75, 3.05) is 0 Å². The molecule has 4 heteroatoms. The lowest BCUT2D eigenvalue weighted by atomic mass is 10.0. The van der Waals surface area contributed by atoms with E-state index in [4.69, 9.17) is 0 Å². The summed E-state index contributed by atoms with van der Waals surface area (Å²) in [5.41, 5.74) is 2.42. The van der Waals surface area contributed by atoms with Crippen molar-refractivity contribution in [1.29, 1.82) is 0 Å². The number of rotatable bonds is 4. The highest BCUT2D eigenvalue weighted by molar-refractivity contribution is 5.95. The fourth-order valence-electron chi connectivity index (χ4n) is 2.51. The first kappa shape index (κ1) is 15.9. The van der Waals surface area contributed by atoms with Crippen LogP contribution < -0.4 is 5.32 Å². The van der Waals surface area contributed by atoms with Gasteiger partial charge in [0, 0.05) is 23.5 Å². The number of carbonyl (C=O) groups excluding carboxylic acids is 1. The van der Waals surface area contributed by atoms with E-state index >= 15 is 0 Å². The maximum Gasteiger partial charge on any atom is 0.253 e. The third-order valence-corrected chi connectivity index (χ3v) is 3.83. The minimum atomic E-state index is -0.338. The molecule has 1 unspecified atom stereocenters. The molecule has 24 heavy (non-hydrogen) atoms. The number of hydrogen-bond donors (Lipinski definition) is 1. The molecule has 0 spiro atoms. The molecule has 1 atom stereocenters. The van der Waals surface area contributed by atoms with Gasteiger partial charge >= 0.3 is 0 Å². The average Bonchev–Trinajstić information content (AvgIpc) is 2.63. The van der Waals surface area contributed by atoms with Gasteiger partial charge in [-0.3, -0.25) is 9.78 Å². The van der Waals surface area contributed by atoms with E-state index in [1.54, 1.807) is 30.5 Å². The molecule has 1 amide bonds. The van der Waals surface area contributed by atoms with Gasteiger partial charge in [0.15, 0.2) is 0 Å². The summed E-state index contributed by atoms with van der Waals surface area (Å²) in [6.45, 7) is 1.92. The molecular formula is C20H17FN2O. The molecule has 1 aromatic heterocycles. The van der Waals surface area contributed by atoms with E-state index in [0.717, 1.165) is 5.56 Å². The number of nitrogens with zero attached hydrogens (tertiary/aromatic N) is 1. The van der Waals surface area contributed by atoms with Gasteiger partial charge in [0.05, 0.1) is 11.6 Å². The number of pyridine rings is 1. The van der Waals surface area contributed by atoms with Crippen LogP contribution in [0.4, 0.5) is 4.39 Å². The molecule has 3 rings (SSSR count). The normalized spacial score (nSPS) is 11.8. The summed E-state index contributed by atoms with van der Waals surface area (Å²) < 4.78 is 13.9. The lowest BCUT2D eigenvalue weighted by molar-refractivity contribution is 0.0939. The summed E-state index contributed by atoms with van der Waals surface area (Å²) in [5, 5.41) is 2.93. The second-order valence-corrected chi connectivity index (χ2v) is 5.55. The fraction of sp³-hybridized carbons (Fsp3) is 0.100. The summed E-state index contributed by atoms with van der Waals surface area (Å²) in [6.07, 6.45) is 3.03. The minimum absolute atomic E-state index is 0.129. The molecule has 0 radical (unpaired) electrons. The molecule has 0 aliphatic carbocycles. The van der Waals surface area contributed by atoms with Crippen LogP contribution in [0, 0.1) is 5.82 Å². The lowest BCUT2D eigenvalue weighted by Gasteiger charge is -2.14. The van der Waals surface area contributed by atoms with Gasteiger partial charge in [0.2, 0.25) is 0 Å². The maximum atomic E-state index is 13.9. The van der Waals surface area contributed by atoms with Crippen LogP contribution in [-0.2, 0) is 0 Å². The largest absolute Gasteiger partial charge is 0.345 e. The van der Waals surface area contributed by atoms with Crippen LogP contribution >= 0.6 is 0 Å². The number of hydrogen-bond acceptors (Lipinski definition) is 2. The van der Waals surface area contributed by atoms with Crippen LogP contribution in [0.25, 0.3) is 11.1 Å². The van der Waals surface area contributed by atoms with E-state index in [1.807, 2.05) is 37.3 Å². The molecule has 0 aliphatic rings. The molecule has 0 saturated heterocycles. The predicted octanol–water partition coefficient (Wildman–Crippen LogP) is 4.38. The van der Waals surface area contributed by atoms with Crippen molar-refractivity contribution in [1.82, 2.24) is 10.3 Å². The summed E-state index contributed by atoms with van der Waals surface area (Å²) in [4.78, 5) is 16.5. The fourth-order valence-corrected chi connectivity index (χ4v) is 2.51. The van der Waals surface area contributed by atoms with E-state index in [0.29, 0.717) is 16.7 Å². The monoisotopic (exact) mass is 320 g/mol. The topological polar surface area (TPSA) is 42.0 Å². The Balaban J connectivity index is 1.81. The zero-order valence-corrected chi connectivity index (χ0v) is 13.2. The minimum Gasteiger partial charge on any atom is -0.345 e. The summed E-state index contributed by atoms with van der Waals surface area (Å²) in [5.74, 6) is -0.577. The first-order valence-corrected chi connectivity index (χ1v) is 7.71. The number of nitrogens with one attached hydrogen (secondary N) is 1. The van der Waals surface area contributed by atoms with Gasteiger partial charge in [0.25, 0.3) is 5.91 Å². The third-order valence-electron chi connectivity index (χ3n) is 3.83. The Labute approximate surface area is 140 Å². The van der Waals surface area contributed by atoms with Crippen molar-refractivity contribution in [2.45, 2.75) is 13.0 Å². The molecule has 0 fully saturated rings. The van der Waals surface area contributed by atoms with Crippen LogP contribution in [0.1, 0.15) is 28.9 Å². The van der Waals surface area contributed by atoms with Crippen LogP contribution in [0.5, 0.6) is 0 Å². The molecule has 0 aliphatic heterocycles. The number of halogens is 1. The van der Waals surface area contributed by atoms with Gasteiger partial charge in [-0.25, -0.2) is 4.39 Å². The Kier molecular flexibility index (Phi) is 4.66. The Bertz CT molecular complexity index is 849. The third kappa shape index (κ3) is 3.49. The molecule has 3 nitrogen and oxygen atoms in total. The van der Waals surface area contributed by atoms with Crippen molar-refractivity contribution < 1.29 is 9.18 Å². The zero-order chi connectivity index (χ0) is 16.9. The second-order valence-electron chi connectivity index (χ2n) is 5.55. The number of aromatic nitrogens is 1. The molecule has 120 valence electrons. The Morgan fingerprint density at radius 3 is 2.50 bits per heavy atom. The highest BCUT2D eigenvalue weighted by atomic mass is 19.1. The van der Waals surface area contributed by atoms with E-state index < -0.39 is 0 Å². The highest BCUT2D eigenvalue weighted by Gasteiger charge is 2.13. The molecular weight excluding hydrogens is 303 g/mol. The van der Waals surface area contributed by atoms with Crippen molar-refractivity contribution in [3.8, 4) is 11.1 Å². The van der Waals surface area contributed by atoms with E-state index in [1.165, 1.54) is 12.3 Å². The lowest BCUT2D eigenvalue weighted by Crippen LogP contribution is -2.26. The van der Waals surface area contributed by atoms with Crippen molar-refractivity contribution in [3.63, 3.8) is 0 Å². The van der Waals surface area contributed by atoms with Gasteiger partial charge in [-0.1, -0.05) is 48.5 Å². The standard InChI is InChI=1S/C20H17FN2O/c1-14(15-7-3-2-4-8-15)23-20(24)17-11-16(12-22-13-17)18-9-5-6-10-19(18)21/h2-14H,1H3,(H,23,24). The molecule has 1 N–H and O–H groups in total. The van der Waals surface area contributed by atoms with Crippen LogP contribution in [0.15, 0.2) is 73.1 Å². The Morgan fingerprint density at radius 1 is 1.04 bits per heavy atom. The van der Waals surface area contributed by atoms with Gasteiger partial charge in [-0.15, -0.1) is 0 Å². The van der Waals surface area contributed by atoms with Crippen molar-refractivity contribution in [2.24, 2.45) is 0 Å². The molecule has 0 saturated carbocycles. The molecule has 0 bridgehead atoms. The first-order chi connectivity index (χ1) is 11.6. The van der Waals surface area contributed by atoms with Crippen molar-refractivity contribution >= 4 is 5.91 Å². The maximum absolute atomic E-state index is 13.9. The zero-order valence-electron chi connectivity index (χ0n) is 13.2. The van der Waals surface area contributed by atoms with Gasteiger partial charge in [-0.2, -0.15) is 0 Å². The van der Waals surface area contributed by atoms with E-state index in [-0.39, 0.29) is 17.8 Å². The summed E-state index contributed by atoms with van der Waals surface area (Å²) >= 11 is 0. The van der Waals surface area contributed by atoms with Crippen molar-refractivity contribution in [3.05, 3.63) is 90.0 Å². The van der Waals surface area contributed by atoms with Gasteiger partial charge in [-0.05, 0) is 24.6 Å². The highest BCUT2D eigenvalue weighted by Crippen LogP contribution is 2.22. The molecule has 1 heterocycles. The van der Waals surface area contributed by atoms with Crippen LogP contribution in [-0.4, -0.2) is 10.9 Å². The smallest absolute Gasteiger partial charge is 0.253 e. The van der Waals surface area contributed by atoms with Gasteiger partial charge < -0.3 is 5.32 Å². The molecule has 3 aromatic rings. The number of amides is 1. The Morgan fingerprint density at radius 2 is 1.75 bits per heavy atom. The number of benzene rings is 2. The summed E-state index contributed by atoms with van der Waals surface area (Å²) in [6, 6.07) is 17.7. The number of carbonyl (C=O) groups is 1. The molecule has 2 aromatic carbocycles. The summed E-state index contributed by atoms with van der Waals surface area (Å²) in [7, 11) is 0. The van der Waals surface area contributed by atoms with Crippen LogP contribution in [0.2, 0.25) is 0 Å². The quantitative estimate of drug-likeness (QED) is 0.775. The van der Waals surface area contributed by atoms with Crippen LogP contribution in [0.3, 0.4) is 0 Å². The first-order valence-electron chi connectivity index (χ1n) is 7.71. The second kappa shape index (κ2) is 7.04. The SMILES string of the molecule is CC(NC(=O)c1cncc(-c2ccccc2F)c1)c1ccccc1. The average molecular weight is 320 g/mol. The van der Waals surface area contributed by atoms with E-state index in [9.17, 15) is 9.18 Å². The van der Waals surface area contributed by atoms with E-state index in [2.05, 4.69) is 10.3 Å². The predicted molar refractivity (Wildman–Crippen MR) is 92.0 cm³/mol. The van der Waals surface area contributed by atoms with Gasteiger partial charge in [0.1, 0.15) is 5.82 Å².